The number of halogens is 1. The van der Waals surface area contributed by atoms with Gasteiger partial charge in [0, 0.05) is 28.2 Å². The molecule has 0 saturated heterocycles. The monoisotopic (exact) mass is 357 g/mol. The number of nitrogens with one attached hydrogen (secondary N) is 1. The Morgan fingerprint density at radius 1 is 1.25 bits per heavy atom. The van der Waals surface area contributed by atoms with Crippen LogP contribution < -0.4 is 5.32 Å². The molecular formula is C18H16ClN3OS. The number of nitrogens with zero attached hydrogens (tertiary/aromatic N) is 2. The molecule has 1 amide bonds. The number of hydrogen-bond acceptors (Lipinski definition) is 4. The second kappa shape index (κ2) is 7.11. The van der Waals surface area contributed by atoms with Gasteiger partial charge >= 0.3 is 0 Å². The number of rotatable bonds is 4. The van der Waals surface area contributed by atoms with Gasteiger partial charge in [-0.2, -0.15) is 0 Å². The molecule has 1 N–H and O–H groups in total. The normalized spacial score (nSPS) is 10.6. The van der Waals surface area contributed by atoms with Crippen LogP contribution in [0.25, 0.3) is 0 Å². The number of aryl methyl sites for hydroxylation is 2. The Balaban J connectivity index is 1.69. The molecule has 0 atom stereocenters. The molecule has 0 spiro atoms. The van der Waals surface area contributed by atoms with E-state index in [9.17, 15) is 4.79 Å². The predicted molar refractivity (Wildman–Crippen MR) is 98.0 cm³/mol. The Morgan fingerprint density at radius 2 is 2.08 bits per heavy atom. The van der Waals surface area contributed by atoms with Gasteiger partial charge in [-0.25, -0.2) is 9.97 Å². The fourth-order valence-corrected chi connectivity index (χ4v) is 3.27. The first-order valence-corrected chi connectivity index (χ1v) is 8.65. The van der Waals surface area contributed by atoms with Crippen molar-refractivity contribution in [1.29, 1.82) is 0 Å². The predicted octanol–water partition coefficient (Wildman–Crippen LogP) is 4.65. The van der Waals surface area contributed by atoms with Crippen molar-refractivity contribution in [3.8, 4) is 0 Å². The standard InChI is InChI=1S/C18H16ClN3OS/c1-11-6-7-13(9-15(11)19)8-14-10-20-18(24-14)22-17(23)16-5-3-4-12(2)21-16/h3-7,9-10H,8H2,1-2H3,(H,20,22,23). The summed E-state index contributed by atoms with van der Waals surface area (Å²) in [6.45, 7) is 3.83. The minimum atomic E-state index is -0.252. The van der Waals surface area contributed by atoms with Crippen LogP contribution in [0.1, 0.15) is 32.2 Å². The molecule has 2 heterocycles. The molecule has 122 valence electrons. The van der Waals surface area contributed by atoms with E-state index < -0.39 is 0 Å². The lowest BCUT2D eigenvalue weighted by molar-refractivity contribution is 0.102. The Hall–Kier alpha value is -2.24. The summed E-state index contributed by atoms with van der Waals surface area (Å²) in [6.07, 6.45) is 2.51. The van der Waals surface area contributed by atoms with Gasteiger partial charge in [-0.3, -0.25) is 10.1 Å². The van der Waals surface area contributed by atoms with Crippen LogP contribution in [0, 0.1) is 13.8 Å². The maximum atomic E-state index is 12.2. The maximum absolute atomic E-state index is 12.2. The molecule has 0 unspecified atom stereocenters. The van der Waals surface area contributed by atoms with Crippen LogP contribution in [-0.4, -0.2) is 15.9 Å². The number of anilines is 1. The zero-order valence-electron chi connectivity index (χ0n) is 13.3. The summed E-state index contributed by atoms with van der Waals surface area (Å²) in [4.78, 5) is 21.7. The van der Waals surface area contributed by atoms with Gasteiger partial charge in [0.2, 0.25) is 0 Å². The molecule has 3 aromatic rings. The van der Waals surface area contributed by atoms with E-state index in [1.54, 1.807) is 12.3 Å². The SMILES string of the molecule is Cc1cccc(C(=O)Nc2ncc(Cc3ccc(C)c(Cl)c3)s2)n1. The molecule has 0 saturated carbocycles. The zero-order valence-corrected chi connectivity index (χ0v) is 14.9. The molecule has 0 radical (unpaired) electrons. The molecule has 2 aromatic heterocycles. The molecule has 3 rings (SSSR count). The number of thiazole rings is 1. The van der Waals surface area contributed by atoms with Crippen LogP contribution in [0.15, 0.2) is 42.6 Å². The van der Waals surface area contributed by atoms with Gasteiger partial charge in [-0.05, 0) is 43.2 Å². The molecule has 6 heteroatoms. The summed E-state index contributed by atoms with van der Waals surface area (Å²) in [5.41, 5.74) is 3.37. The highest BCUT2D eigenvalue weighted by Crippen LogP contribution is 2.24. The lowest BCUT2D eigenvalue weighted by Gasteiger charge is -2.02. The third-order valence-corrected chi connectivity index (χ3v) is 4.83. The van der Waals surface area contributed by atoms with Gasteiger partial charge in [-0.15, -0.1) is 11.3 Å². The minimum Gasteiger partial charge on any atom is -0.296 e. The topological polar surface area (TPSA) is 54.9 Å². The quantitative estimate of drug-likeness (QED) is 0.739. The first kappa shape index (κ1) is 16.6. The number of aromatic nitrogens is 2. The van der Waals surface area contributed by atoms with E-state index in [4.69, 9.17) is 11.6 Å². The van der Waals surface area contributed by atoms with E-state index in [1.807, 2.05) is 38.1 Å². The number of benzene rings is 1. The van der Waals surface area contributed by atoms with Crippen LogP contribution in [0.3, 0.4) is 0 Å². The second-order valence-corrected chi connectivity index (χ2v) is 7.03. The first-order valence-electron chi connectivity index (χ1n) is 7.46. The van der Waals surface area contributed by atoms with Crippen LogP contribution in [0.2, 0.25) is 5.02 Å². The average molecular weight is 358 g/mol. The third-order valence-electron chi connectivity index (χ3n) is 3.51. The highest BCUT2D eigenvalue weighted by atomic mass is 35.5. The highest BCUT2D eigenvalue weighted by Gasteiger charge is 2.11. The Morgan fingerprint density at radius 3 is 2.83 bits per heavy atom. The summed E-state index contributed by atoms with van der Waals surface area (Å²) in [5, 5.41) is 4.12. The Bertz CT molecular complexity index is 891. The van der Waals surface area contributed by atoms with Crippen LogP contribution in [0.5, 0.6) is 0 Å². The molecule has 0 aliphatic carbocycles. The molecule has 4 nitrogen and oxygen atoms in total. The second-order valence-electron chi connectivity index (χ2n) is 5.51. The van der Waals surface area contributed by atoms with Crippen LogP contribution in [0.4, 0.5) is 5.13 Å². The Kier molecular flexibility index (Phi) is 4.92. The van der Waals surface area contributed by atoms with E-state index >= 15 is 0 Å². The molecular weight excluding hydrogens is 342 g/mol. The van der Waals surface area contributed by atoms with Crippen molar-refractivity contribution in [1.82, 2.24) is 9.97 Å². The molecule has 0 bridgehead atoms. The van der Waals surface area contributed by atoms with Gasteiger partial charge in [0.1, 0.15) is 5.69 Å². The molecule has 0 aliphatic heterocycles. The van der Waals surface area contributed by atoms with E-state index in [2.05, 4.69) is 21.4 Å². The van der Waals surface area contributed by atoms with E-state index in [0.717, 1.165) is 33.1 Å². The van der Waals surface area contributed by atoms with Gasteiger partial charge < -0.3 is 0 Å². The van der Waals surface area contributed by atoms with Crippen molar-refractivity contribution in [3.63, 3.8) is 0 Å². The van der Waals surface area contributed by atoms with Crippen molar-refractivity contribution in [2.75, 3.05) is 5.32 Å². The number of amides is 1. The minimum absolute atomic E-state index is 0.252. The lowest BCUT2D eigenvalue weighted by Crippen LogP contribution is -2.13. The third kappa shape index (κ3) is 3.99. The molecule has 0 aliphatic rings. The van der Waals surface area contributed by atoms with Crippen molar-refractivity contribution >= 4 is 34.0 Å². The number of hydrogen-bond donors (Lipinski definition) is 1. The summed E-state index contributed by atoms with van der Waals surface area (Å²) in [5.74, 6) is -0.252. The maximum Gasteiger partial charge on any atom is 0.276 e. The van der Waals surface area contributed by atoms with E-state index in [1.165, 1.54) is 11.3 Å². The summed E-state index contributed by atoms with van der Waals surface area (Å²) >= 11 is 7.61. The fraction of sp³-hybridized carbons (Fsp3) is 0.167. The van der Waals surface area contributed by atoms with E-state index in [-0.39, 0.29) is 5.91 Å². The first-order chi connectivity index (χ1) is 11.5. The van der Waals surface area contributed by atoms with Gasteiger partial charge in [0.25, 0.3) is 5.91 Å². The average Bonchev–Trinajstić information content (AvgIpc) is 2.98. The smallest absolute Gasteiger partial charge is 0.276 e. The Labute approximate surface area is 149 Å². The van der Waals surface area contributed by atoms with Crippen molar-refractivity contribution < 1.29 is 4.79 Å². The number of carbonyl (C=O) groups is 1. The van der Waals surface area contributed by atoms with Gasteiger partial charge in [0.15, 0.2) is 5.13 Å². The van der Waals surface area contributed by atoms with Gasteiger partial charge in [-0.1, -0.05) is 29.8 Å². The van der Waals surface area contributed by atoms with Gasteiger partial charge in [0.05, 0.1) is 0 Å². The van der Waals surface area contributed by atoms with E-state index in [0.29, 0.717) is 10.8 Å². The highest BCUT2D eigenvalue weighted by molar-refractivity contribution is 7.15. The van der Waals surface area contributed by atoms with Crippen molar-refractivity contribution in [2.24, 2.45) is 0 Å². The number of pyridine rings is 1. The fourth-order valence-electron chi connectivity index (χ4n) is 2.23. The van der Waals surface area contributed by atoms with Crippen molar-refractivity contribution in [3.05, 3.63) is 75.0 Å². The zero-order chi connectivity index (χ0) is 17.1. The molecule has 1 aromatic carbocycles. The van der Waals surface area contributed by atoms with Crippen LogP contribution in [-0.2, 0) is 6.42 Å². The number of carbonyl (C=O) groups excluding carboxylic acids is 1. The summed E-state index contributed by atoms with van der Waals surface area (Å²) < 4.78 is 0. The van der Waals surface area contributed by atoms with Crippen molar-refractivity contribution in [2.45, 2.75) is 20.3 Å². The molecule has 24 heavy (non-hydrogen) atoms. The molecule has 0 fully saturated rings. The lowest BCUT2D eigenvalue weighted by atomic mass is 10.1. The van der Waals surface area contributed by atoms with Crippen LogP contribution >= 0.6 is 22.9 Å². The largest absolute Gasteiger partial charge is 0.296 e. The summed E-state index contributed by atoms with van der Waals surface area (Å²) in [6, 6.07) is 11.4. The summed E-state index contributed by atoms with van der Waals surface area (Å²) in [7, 11) is 0.